The molecular formula is C13H19N7O2. The van der Waals surface area contributed by atoms with Crippen molar-refractivity contribution in [1.29, 1.82) is 0 Å². The van der Waals surface area contributed by atoms with Crippen LogP contribution in [0.2, 0.25) is 0 Å². The molecule has 2 aromatic rings. The van der Waals surface area contributed by atoms with Gasteiger partial charge in [-0.2, -0.15) is 10.1 Å². The summed E-state index contributed by atoms with van der Waals surface area (Å²) in [6, 6.07) is -0.248. The smallest absolute Gasteiger partial charge is 0.318 e. The van der Waals surface area contributed by atoms with Gasteiger partial charge in [-0.3, -0.25) is 4.68 Å². The lowest BCUT2D eigenvalue weighted by Crippen LogP contribution is -2.45. The Morgan fingerprint density at radius 2 is 2.41 bits per heavy atom. The molecule has 1 atom stereocenters. The van der Waals surface area contributed by atoms with Gasteiger partial charge in [-0.15, -0.1) is 0 Å². The third kappa shape index (κ3) is 3.23. The van der Waals surface area contributed by atoms with Crippen LogP contribution in [0.25, 0.3) is 0 Å². The molecule has 9 nitrogen and oxygen atoms in total. The highest BCUT2D eigenvalue weighted by Crippen LogP contribution is 2.29. The van der Waals surface area contributed by atoms with Crippen LogP contribution in [-0.4, -0.2) is 48.9 Å². The Labute approximate surface area is 127 Å². The molecule has 1 aliphatic rings. The summed E-state index contributed by atoms with van der Waals surface area (Å²) in [6.45, 7) is 3.55. The Morgan fingerprint density at radius 1 is 1.50 bits per heavy atom. The SMILES string of the molecule is Cc1noc(C2CCCCN2C(=O)NCCn2cncn2)n1. The number of urea groups is 1. The van der Waals surface area contributed by atoms with Crippen molar-refractivity contribution in [3.05, 3.63) is 24.4 Å². The highest BCUT2D eigenvalue weighted by molar-refractivity contribution is 5.74. The second-order valence-corrected chi connectivity index (χ2v) is 5.28. The van der Waals surface area contributed by atoms with Crippen LogP contribution in [-0.2, 0) is 6.54 Å². The molecule has 2 aromatic heterocycles. The van der Waals surface area contributed by atoms with Gasteiger partial charge in [0, 0.05) is 13.1 Å². The first-order chi connectivity index (χ1) is 10.7. The number of carbonyl (C=O) groups excluding carboxylic acids is 1. The monoisotopic (exact) mass is 305 g/mol. The highest BCUT2D eigenvalue weighted by Gasteiger charge is 2.31. The average Bonchev–Trinajstić information content (AvgIpc) is 3.19. The number of nitrogens with one attached hydrogen (secondary N) is 1. The summed E-state index contributed by atoms with van der Waals surface area (Å²) in [4.78, 5) is 22.3. The molecule has 9 heteroatoms. The van der Waals surface area contributed by atoms with Crippen LogP contribution in [0.15, 0.2) is 17.2 Å². The lowest BCUT2D eigenvalue weighted by Gasteiger charge is -2.33. The minimum Gasteiger partial charge on any atom is -0.337 e. The first-order valence-corrected chi connectivity index (χ1v) is 7.41. The van der Waals surface area contributed by atoms with Gasteiger partial charge in [0.25, 0.3) is 0 Å². The van der Waals surface area contributed by atoms with Gasteiger partial charge in [0.1, 0.15) is 18.7 Å². The molecule has 22 heavy (non-hydrogen) atoms. The second-order valence-electron chi connectivity index (χ2n) is 5.28. The van der Waals surface area contributed by atoms with Crippen molar-refractivity contribution in [2.75, 3.05) is 13.1 Å². The summed E-state index contributed by atoms with van der Waals surface area (Å²) in [5, 5.41) is 10.7. The summed E-state index contributed by atoms with van der Waals surface area (Å²) in [6.07, 6.45) is 5.98. The number of rotatable bonds is 4. The number of hydrogen-bond acceptors (Lipinski definition) is 6. The number of aryl methyl sites for hydroxylation is 1. The fourth-order valence-electron chi connectivity index (χ4n) is 2.61. The third-order valence-electron chi connectivity index (χ3n) is 3.68. The van der Waals surface area contributed by atoms with Crippen LogP contribution in [0.4, 0.5) is 4.79 Å². The molecule has 2 amide bonds. The van der Waals surface area contributed by atoms with E-state index in [-0.39, 0.29) is 12.1 Å². The van der Waals surface area contributed by atoms with E-state index in [4.69, 9.17) is 4.52 Å². The van der Waals surface area contributed by atoms with Crippen LogP contribution in [0.3, 0.4) is 0 Å². The molecule has 1 N–H and O–H groups in total. The number of likely N-dealkylation sites (tertiary alicyclic amines) is 1. The summed E-state index contributed by atoms with van der Waals surface area (Å²) in [5.41, 5.74) is 0. The zero-order chi connectivity index (χ0) is 15.4. The quantitative estimate of drug-likeness (QED) is 0.900. The van der Waals surface area contributed by atoms with Crippen LogP contribution >= 0.6 is 0 Å². The molecule has 1 unspecified atom stereocenters. The van der Waals surface area contributed by atoms with E-state index in [9.17, 15) is 4.79 Å². The zero-order valence-electron chi connectivity index (χ0n) is 12.5. The van der Waals surface area contributed by atoms with E-state index in [1.807, 2.05) is 0 Å². The maximum absolute atomic E-state index is 12.4. The van der Waals surface area contributed by atoms with Crippen molar-refractivity contribution in [3.63, 3.8) is 0 Å². The predicted octanol–water partition coefficient (Wildman–Crippen LogP) is 0.906. The van der Waals surface area contributed by atoms with E-state index in [2.05, 4.69) is 25.5 Å². The van der Waals surface area contributed by atoms with Crippen molar-refractivity contribution >= 4 is 6.03 Å². The van der Waals surface area contributed by atoms with E-state index >= 15 is 0 Å². The molecule has 3 rings (SSSR count). The van der Waals surface area contributed by atoms with Gasteiger partial charge < -0.3 is 14.7 Å². The summed E-state index contributed by atoms with van der Waals surface area (Å²) >= 11 is 0. The van der Waals surface area contributed by atoms with Crippen molar-refractivity contribution in [2.45, 2.75) is 38.8 Å². The largest absolute Gasteiger partial charge is 0.337 e. The van der Waals surface area contributed by atoms with E-state index in [1.165, 1.54) is 6.33 Å². The molecule has 1 saturated heterocycles. The van der Waals surface area contributed by atoms with E-state index in [0.29, 0.717) is 31.3 Å². The third-order valence-corrected chi connectivity index (χ3v) is 3.68. The fourth-order valence-corrected chi connectivity index (χ4v) is 2.61. The molecule has 1 aliphatic heterocycles. The van der Waals surface area contributed by atoms with Gasteiger partial charge in [-0.25, -0.2) is 9.78 Å². The Balaban J connectivity index is 1.59. The maximum atomic E-state index is 12.4. The number of amides is 2. The standard InChI is InChI=1S/C13H19N7O2/c1-10-17-12(22-18-10)11-4-2-3-6-20(11)13(21)15-5-7-19-9-14-8-16-19/h8-9,11H,2-7H2,1H3,(H,15,21). The predicted molar refractivity (Wildman–Crippen MR) is 75.8 cm³/mol. The number of carbonyl (C=O) groups is 1. The second kappa shape index (κ2) is 6.54. The first-order valence-electron chi connectivity index (χ1n) is 7.41. The lowest BCUT2D eigenvalue weighted by atomic mass is 10.0. The van der Waals surface area contributed by atoms with Crippen LogP contribution in [0, 0.1) is 6.92 Å². The Morgan fingerprint density at radius 3 is 3.14 bits per heavy atom. The molecule has 1 fully saturated rings. The Bertz CT molecular complexity index is 610. The van der Waals surface area contributed by atoms with Gasteiger partial charge >= 0.3 is 6.03 Å². The fraction of sp³-hybridized carbons (Fsp3) is 0.615. The normalized spacial score (nSPS) is 18.4. The van der Waals surface area contributed by atoms with Gasteiger partial charge in [-0.1, -0.05) is 5.16 Å². The van der Waals surface area contributed by atoms with Crippen molar-refractivity contribution < 1.29 is 9.32 Å². The molecule has 3 heterocycles. The minimum absolute atomic E-state index is 0.110. The Kier molecular flexibility index (Phi) is 4.31. The van der Waals surface area contributed by atoms with Crippen LogP contribution in [0.1, 0.15) is 37.0 Å². The average molecular weight is 305 g/mol. The lowest BCUT2D eigenvalue weighted by molar-refractivity contribution is 0.132. The van der Waals surface area contributed by atoms with Gasteiger partial charge in [0.05, 0.1) is 6.54 Å². The van der Waals surface area contributed by atoms with Crippen LogP contribution in [0.5, 0.6) is 0 Å². The van der Waals surface area contributed by atoms with Crippen LogP contribution < -0.4 is 5.32 Å². The minimum atomic E-state index is -0.138. The molecule has 0 bridgehead atoms. The van der Waals surface area contributed by atoms with Gasteiger partial charge in [-0.05, 0) is 26.2 Å². The van der Waals surface area contributed by atoms with Gasteiger partial charge in [0.2, 0.25) is 5.89 Å². The molecule has 0 aromatic carbocycles. The summed E-state index contributed by atoms with van der Waals surface area (Å²) < 4.78 is 6.92. The number of piperidine rings is 1. The maximum Gasteiger partial charge on any atom is 0.318 e. The molecule has 118 valence electrons. The van der Waals surface area contributed by atoms with Crippen molar-refractivity contribution in [1.82, 2.24) is 35.1 Å². The zero-order valence-corrected chi connectivity index (χ0v) is 12.5. The van der Waals surface area contributed by atoms with Crippen molar-refractivity contribution in [3.8, 4) is 0 Å². The Hall–Kier alpha value is -2.45. The highest BCUT2D eigenvalue weighted by atomic mass is 16.5. The summed E-state index contributed by atoms with van der Waals surface area (Å²) in [5.74, 6) is 1.11. The van der Waals surface area contributed by atoms with Gasteiger partial charge in [0.15, 0.2) is 5.82 Å². The molecule has 0 spiro atoms. The number of aromatic nitrogens is 5. The molecule has 0 saturated carbocycles. The van der Waals surface area contributed by atoms with E-state index in [1.54, 1.807) is 22.8 Å². The molecular weight excluding hydrogens is 286 g/mol. The van der Waals surface area contributed by atoms with E-state index in [0.717, 1.165) is 19.3 Å². The van der Waals surface area contributed by atoms with Crippen molar-refractivity contribution in [2.24, 2.45) is 0 Å². The first kappa shape index (κ1) is 14.5. The topological polar surface area (TPSA) is 102 Å². The number of nitrogens with zero attached hydrogens (tertiary/aromatic N) is 6. The number of hydrogen-bond donors (Lipinski definition) is 1. The molecule has 0 radical (unpaired) electrons. The van der Waals surface area contributed by atoms with E-state index < -0.39 is 0 Å². The summed E-state index contributed by atoms with van der Waals surface area (Å²) in [7, 11) is 0. The molecule has 0 aliphatic carbocycles.